The molecule has 94 valence electrons. The summed E-state index contributed by atoms with van der Waals surface area (Å²) in [6, 6.07) is 4.31. The highest BCUT2D eigenvalue weighted by Gasteiger charge is 2.07. The van der Waals surface area contributed by atoms with Crippen molar-refractivity contribution in [1.29, 1.82) is 0 Å². The molecule has 0 N–H and O–H groups in total. The third-order valence-electron chi connectivity index (χ3n) is 2.64. The van der Waals surface area contributed by atoms with E-state index >= 15 is 0 Å². The second-order valence-electron chi connectivity index (χ2n) is 3.94. The summed E-state index contributed by atoms with van der Waals surface area (Å²) in [4.78, 5) is 8.58. The highest BCUT2D eigenvalue weighted by atomic mass is 35.5. The van der Waals surface area contributed by atoms with Gasteiger partial charge in [0.1, 0.15) is 11.6 Å². The van der Waals surface area contributed by atoms with Gasteiger partial charge in [-0.15, -0.1) is 11.6 Å². The molecule has 1 heterocycles. The Labute approximate surface area is 115 Å². The van der Waals surface area contributed by atoms with Gasteiger partial charge in [-0.1, -0.05) is 17.7 Å². The van der Waals surface area contributed by atoms with Crippen LogP contribution in [0.3, 0.4) is 0 Å². The van der Waals surface area contributed by atoms with Crippen LogP contribution in [0.4, 0.5) is 4.39 Å². The summed E-state index contributed by atoms with van der Waals surface area (Å²) in [5.74, 6) is 0.692. The average molecular weight is 285 g/mol. The number of alkyl halides is 1. The average Bonchev–Trinajstić information content (AvgIpc) is 2.33. The van der Waals surface area contributed by atoms with Crippen LogP contribution in [0.2, 0.25) is 5.02 Å². The molecule has 0 aliphatic rings. The monoisotopic (exact) mass is 284 g/mol. The molecule has 18 heavy (non-hydrogen) atoms. The van der Waals surface area contributed by atoms with Crippen molar-refractivity contribution >= 4 is 23.2 Å². The van der Waals surface area contributed by atoms with Crippen LogP contribution in [-0.2, 0) is 12.3 Å². The van der Waals surface area contributed by atoms with Gasteiger partial charge in [0.15, 0.2) is 0 Å². The van der Waals surface area contributed by atoms with Crippen molar-refractivity contribution in [3.8, 4) is 0 Å². The fraction of sp³-hybridized carbons (Fsp3) is 0.231. The van der Waals surface area contributed by atoms with Crippen LogP contribution in [0, 0.1) is 12.7 Å². The predicted octanol–water partition coefficient (Wildman–Crippen LogP) is 3.91. The largest absolute Gasteiger partial charge is 0.241 e. The lowest BCUT2D eigenvalue weighted by Crippen LogP contribution is -2.01. The summed E-state index contributed by atoms with van der Waals surface area (Å²) in [6.45, 7) is 1.88. The Balaban J connectivity index is 2.26. The van der Waals surface area contributed by atoms with Gasteiger partial charge >= 0.3 is 0 Å². The van der Waals surface area contributed by atoms with Crippen molar-refractivity contribution in [1.82, 2.24) is 9.97 Å². The Kier molecular flexibility index (Phi) is 4.15. The smallest absolute Gasteiger partial charge is 0.132 e. The first kappa shape index (κ1) is 13.2. The van der Waals surface area contributed by atoms with Crippen LogP contribution in [0.1, 0.15) is 22.6 Å². The molecule has 0 saturated carbocycles. The normalized spacial score (nSPS) is 10.7. The third kappa shape index (κ3) is 2.98. The zero-order valence-corrected chi connectivity index (χ0v) is 11.3. The van der Waals surface area contributed by atoms with Crippen LogP contribution >= 0.6 is 23.2 Å². The minimum atomic E-state index is -0.349. The molecule has 0 amide bonds. The van der Waals surface area contributed by atoms with Crippen LogP contribution in [0.5, 0.6) is 0 Å². The van der Waals surface area contributed by atoms with Gasteiger partial charge < -0.3 is 0 Å². The molecule has 0 saturated heterocycles. The summed E-state index contributed by atoms with van der Waals surface area (Å²) >= 11 is 11.7. The lowest BCUT2D eigenvalue weighted by Gasteiger charge is -2.06. The molecular weight excluding hydrogens is 274 g/mol. The number of aromatic nitrogens is 2. The van der Waals surface area contributed by atoms with Crippen molar-refractivity contribution in [3.63, 3.8) is 0 Å². The summed E-state index contributed by atoms with van der Waals surface area (Å²) in [6.07, 6.45) is 2.19. The lowest BCUT2D eigenvalue weighted by atomic mass is 10.1. The standard InChI is InChI=1S/C13H11Cl2FN2/c1-8-10(6-14)7-17-13(18-8)4-9-2-3-11(16)5-12(9)15/h2-3,5,7H,4,6H2,1H3. The van der Waals surface area contributed by atoms with Gasteiger partial charge in [0.25, 0.3) is 0 Å². The van der Waals surface area contributed by atoms with Crippen LogP contribution in [0.15, 0.2) is 24.4 Å². The minimum Gasteiger partial charge on any atom is -0.241 e. The molecule has 2 rings (SSSR count). The predicted molar refractivity (Wildman–Crippen MR) is 70.5 cm³/mol. The first-order valence-corrected chi connectivity index (χ1v) is 6.32. The van der Waals surface area contributed by atoms with Crippen molar-refractivity contribution in [2.45, 2.75) is 19.2 Å². The molecular formula is C13H11Cl2FN2. The summed E-state index contributed by atoms with van der Waals surface area (Å²) in [5, 5.41) is 0.387. The number of aryl methyl sites for hydroxylation is 1. The Bertz CT molecular complexity index is 573. The molecule has 5 heteroatoms. The molecule has 0 radical (unpaired) electrons. The maximum atomic E-state index is 12.9. The first-order valence-electron chi connectivity index (χ1n) is 5.41. The Morgan fingerprint density at radius 1 is 1.28 bits per heavy atom. The number of benzene rings is 1. The van der Waals surface area contributed by atoms with Gasteiger partial charge in [-0.25, -0.2) is 14.4 Å². The number of rotatable bonds is 3. The molecule has 1 aromatic carbocycles. The number of hydrogen-bond acceptors (Lipinski definition) is 2. The molecule has 2 aromatic rings. The van der Waals surface area contributed by atoms with Crippen molar-refractivity contribution < 1.29 is 4.39 Å². The van der Waals surface area contributed by atoms with Gasteiger partial charge in [-0.3, -0.25) is 0 Å². The number of halogens is 3. The summed E-state index contributed by atoms with van der Waals surface area (Å²) in [5.41, 5.74) is 2.56. The molecule has 0 unspecified atom stereocenters. The van der Waals surface area contributed by atoms with Crippen molar-refractivity contribution in [3.05, 3.63) is 57.9 Å². The quantitative estimate of drug-likeness (QED) is 0.799. The molecule has 0 bridgehead atoms. The van der Waals surface area contributed by atoms with E-state index in [1.807, 2.05) is 6.92 Å². The molecule has 2 nitrogen and oxygen atoms in total. The van der Waals surface area contributed by atoms with E-state index < -0.39 is 0 Å². The van der Waals surface area contributed by atoms with E-state index in [2.05, 4.69) is 9.97 Å². The van der Waals surface area contributed by atoms with Gasteiger partial charge in [0.05, 0.1) is 5.88 Å². The fourth-order valence-corrected chi connectivity index (χ4v) is 2.09. The van der Waals surface area contributed by atoms with Gasteiger partial charge in [-0.05, 0) is 24.6 Å². The fourth-order valence-electron chi connectivity index (χ4n) is 1.59. The molecule has 0 atom stereocenters. The van der Waals surface area contributed by atoms with Crippen molar-refractivity contribution in [2.24, 2.45) is 0 Å². The van der Waals surface area contributed by atoms with Crippen molar-refractivity contribution in [2.75, 3.05) is 0 Å². The number of hydrogen-bond donors (Lipinski definition) is 0. The van der Waals surface area contributed by atoms with E-state index in [1.54, 1.807) is 12.3 Å². The summed E-state index contributed by atoms with van der Waals surface area (Å²) in [7, 11) is 0. The highest BCUT2D eigenvalue weighted by Crippen LogP contribution is 2.19. The van der Waals surface area contributed by atoms with E-state index in [4.69, 9.17) is 23.2 Å². The highest BCUT2D eigenvalue weighted by molar-refractivity contribution is 6.31. The van der Waals surface area contributed by atoms with E-state index in [0.717, 1.165) is 16.8 Å². The van der Waals surface area contributed by atoms with E-state index in [1.165, 1.54) is 12.1 Å². The molecule has 0 aliphatic heterocycles. The molecule has 1 aromatic heterocycles. The van der Waals surface area contributed by atoms with Crippen LogP contribution in [0.25, 0.3) is 0 Å². The Morgan fingerprint density at radius 3 is 2.67 bits per heavy atom. The Morgan fingerprint density at radius 2 is 2.06 bits per heavy atom. The van der Waals surface area contributed by atoms with Gasteiger partial charge in [-0.2, -0.15) is 0 Å². The first-order chi connectivity index (χ1) is 8.60. The van der Waals surface area contributed by atoms with Crippen LogP contribution in [-0.4, -0.2) is 9.97 Å². The summed E-state index contributed by atoms with van der Waals surface area (Å²) < 4.78 is 12.9. The SMILES string of the molecule is Cc1nc(Cc2ccc(F)cc2Cl)ncc1CCl. The van der Waals surface area contributed by atoms with Gasteiger partial charge in [0.2, 0.25) is 0 Å². The molecule has 0 aliphatic carbocycles. The zero-order chi connectivity index (χ0) is 13.1. The molecule has 0 spiro atoms. The minimum absolute atomic E-state index is 0.349. The zero-order valence-electron chi connectivity index (χ0n) is 9.75. The van der Waals surface area contributed by atoms with E-state index in [9.17, 15) is 4.39 Å². The van der Waals surface area contributed by atoms with E-state index in [-0.39, 0.29) is 5.82 Å². The van der Waals surface area contributed by atoms with E-state index in [0.29, 0.717) is 23.1 Å². The van der Waals surface area contributed by atoms with Gasteiger partial charge in [0, 0.05) is 28.9 Å². The topological polar surface area (TPSA) is 25.8 Å². The Hall–Kier alpha value is -1.19. The maximum absolute atomic E-state index is 12.9. The second-order valence-corrected chi connectivity index (χ2v) is 4.62. The third-order valence-corrected chi connectivity index (χ3v) is 3.28. The maximum Gasteiger partial charge on any atom is 0.132 e. The molecule has 0 fully saturated rings. The number of nitrogens with zero attached hydrogens (tertiary/aromatic N) is 2. The van der Waals surface area contributed by atoms with Crippen LogP contribution < -0.4 is 0 Å². The second kappa shape index (κ2) is 5.63. The lowest BCUT2D eigenvalue weighted by molar-refractivity contribution is 0.627.